The third kappa shape index (κ3) is 1.26. The molecule has 0 bridgehead atoms. The minimum absolute atomic E-state index is 0.524. The van der Waals surface area contributed by atoms with Crippen LogP contribution >= 0.6 is 0 Å². The fourth-order valence-corrected chi connectivity index (χ4v) is 1.41. The predicted molar refractivity (Wildman–Crippen MR) is 41.3 cm³/mol. The Kier molecular flexibility index (Phi) is 1.62. The maximum atomic E-state index is 4.02. The monoisotopic (exact) mass is 152 g/mol. The summed E-state index contributed by atoms with van der Waals surface area (Å²) in [7, 11) is 0. The fourth-order valence-electron chi connectivity index (χ4n) is 1.41. The Balaban J connectivity index is 2.15. The largest absolute Gasteiger partial charge is 0.315 e. The van der Waals surface area contributed by atoms with E-state index in [9.17, 15) is 0 Å². The number of nitrogens with one attached hydrogen (secondary N) is 1. The van der Waals surface area contributed by atoms with E-state index in [4.69, 9.17) is 0 Å². The molecule has 0 saturated carbocycles. The average molecular weight is 152 g/mol. The van der Waals surface area contributed by atoms with Crippen molar-refractivity contribution in [1.82, 2.24) is 20.3 Å². The minimum atomic E-state index is 0.524. The summed E-state index contributed by atoms with van der Waals surface area (Å²) in [6.07, 6.45) is 3.17. The second-order valence-corrected chi connectivity index (χ2v) is 2.99. The van der Waals surface area contributed by atoms with Gasteiger partial charge in [0.2, 0.25) is 0 Å². The molecule has 0 spiro atoms. The Labute approximate surface area is 65.6 Å². The second-order valence-electron chi connectivity index (χ2n) is 2.99. The number of aryl methyl sites for hydroxylation is 1. The highest BCUT2D eigenvalue weighted by Gasteiger charge is 2.16. The molecule has 11 heavy (non-hydrogen) atoms. The summed E-state index contributed by atoms with van der Waals surface area (Å²) in [5, 5.41) is 11.3. The normalized spacial score (nSPS) is 24.3. The highest BCUT2D eigenvalue weighted by Crippen LogP contribution is 2.12. The van der Waals surface area contributed by atoms with Crippen molar-refractivity contribution in [3.8, 4) is 0 Å². The molecule has 2 rings (SSSR count). The molecular formula is C7H12N4. The Bertz CT molecular complexity index is 236. The Hall–Kier alpha value is -0.900. The average Bonchev–Trinajstić information content (AvgIpc) is 2.55. The van der Waals surface area contributed by atoms with E-state index in [0.717, 1.165) is 18.8 Å². The number of hydrogen-bond donors (Lipinski definition) is 1. The third-order valence-corrected chi connectivity index (χ3v) is 2.03. The van der Waals surface area contributed by atoms with Crippen molar-refractivity contribution < 1.29 is 0 Å². The highest BCUT2D eigenvalue weighted by atomic mass is 15.4. The molecule has 1 atom stereocenters. The van der Waals surface area contributed by atoms with E-state index in [2.05, 4.69) is 15.6 Å². The highest BCUT2D eigenvalue weighted by molar-refractivity contribution is 4.90. The first-order valence-electron chi connectivity index (χ1n) is 3.95. The molecule has 1 saturated heterocycles. The van der Waals surface area contributed by atoms with Crippen molar-refractivity contribution in [2.24, 2.45) is 0 Å². The lowest BCUT2D eigenvalue weighted by atomic mass is 10.3. The molecule has 4 nitrogen and oxygen atoms in total. The molecule has 0 amide bonds. The van der Waals surface area contributed by atoms with Crippen LogP contribution in [0, 0.1) is 6.92 Å². The second kappa shape index (κ2) is 2.62. The molecule has 1 aliphatic rings. The van der Waals surface area contributed by atoms with Crippen LogP contribution in [0.3, 0.4) is 0 Å². The summed E-state index contributed by atoms with van der Waals surface area (Å²) in [4.78, 5) is 0. The summed E-state index contributed by atoms with van der Waals surface area (Å²) >= 11 is 0. The number of aromatic nitrogens is 3. The van der Waals surface area contributed by atoms with E-state index in [1.807, 2.05) is 17.8 Å². The molecule has 0 unspecified atom stereocenters. The molecule has 1 N–H and O–H groups in total. The van der Waals surface area contributed by atoms with E-state index < -0.39 is 0 Å². The molecular weight excluding hydrogens is 140 g/mol. The van der Waals surface area contributed by atoms with Crippen LogP contribution in [0.25, 0.3) is 0 Å². The van der Waals surface area contributed by atoms with E-state index >= 15 is 0 Å². The van der Waals surface area contributed by atoms with Gasteiger partial charge in [-0.3, -0.25) is 0 Å². The van der Waals surface area contributed by atoms with Gasteiger partial charge in [-0.25, -0.2) is 4.68 Å². The van der Waals surface area contributed by atoms with Crippen molar-refractivity contribution in [2.75, 3.05) is 13.1 Å². The summed E-state index contributed by atoms with van der Waals surface area (Å²) < 4.78 is 1.95. The fraction of sp³-hybridized carbons (Fsp3) is 0.714. The number of rotatable bonds is 1. The van der Waals surface area contributed by atoms with Crippen molar-refractivity contribution in [1.29, 1.82) is 0 Å². The molecule has 0 radical (unpaired) electrons. The van der Waals surface area contributed by atoms with Gasteiger partial charge in [0, 0.05) is 12.7 Å². The summed E-state index contributed by atoms with van der Waals surface area (Å²) in [5.74, 6) is 0. The zero-order valence-corrected chi connectivity index (χ0v) is 6.62. The van der Waals surface area contributed by atoms with Crippen molar-refractivity contribution in [2.45, 2.75) is 19.4 Å². The van der Waals surface area contributed by atoms with Crippen LogP contribution in [0.15, 0.2) is 6.20 Å². The standard InChI is InChI=1S/C7H12N4/c1-6-5-11(10-9-6)7-2-3-8-4-7/h5,7-8H,2-4H2,1H3/t7-/m1/s1. The molecule has 4 heteroatoms. The van der Waals surface area contributed by atoms with E-state index in [-0.39, 0.29) is 0 Å². The van der Waals surface area contributed by atoms with Gasteiger partial charge in [-0.05, 0) is 19.9 Å². The van der Waals surface area contributed by atoms with Gasteiger partial charge in [-0.1, -0.05) is 5.21 Å². The summed E-state index contributed by atoms with van der Waals surface area (Å²) in [6.45, 7) is 4.10. The molecule has 1 aromatic rings. The van der Waals surface area contributed by atoms with E-state index in [1.54, 1.807) is 0 Å². The lowest BCUT2D eigenvalue weighted by molar-refractivity contribution is 0.476. The van der Waals surface area contributed by atoms with Crippen LogP contribution in [0.5, 0.6) is 0 Å². The van der Waals surface area contributed by atoms with Gasteiger partial charge in [0.15, 0.2) is 0 Å². The summed E-state index contributed by atoms with van der Waals surface area (Å²) in [6, 6.07) is 0.524. The van der Waals surface area contributed by atoms with Crippen LogP contribution < -0.4 is 5.32 Å². The third-order valence-electron chi connectivity index (χ3n) is 2.03. The van der Waals surface area contributed by atoms with Gasteiger partial charge in [-0.15, -0.1) is 5.10 Å². The lowest BCUT2D eigenvalue weighted by Gasteiger charge is -2.05. The van der Waals surface area contributed by atoms with E-state index in [1.165, 1.54) is 6.42 Å². The Morgan fingerprint density at radius 3 is 3.18 bits per heavy atom. The smallest absolute Gasteiger partial charge is 0.0796 e. The first kappa shape index (κ1) is 6.79. The Morgan fingerprint density at radius 1 is 1.73 bits per heavy atom. The van der Waals surface area contributed by atoms with Crippen molar-refractivity contribution in [3.05, 3.63) is 11.9 Å². The first-order valence-corrected chi connectivity index (χ1v) is 3.95. The predicted octanol–water partition coefficient (Wildman–Crippen LogP) is 0.121. The van der Waals surface area contributed by atoms with Gasteiger partial charge >= 0.3 is 0 Å². The number of hydrogen-bond acceptors (Lipinski definition) is 3. The molecule has 60 valence electrons. The molecule has 1 aliphatic heterocycles. The molecule has 0 aromatic carbocycles. The van der Waals surface area contributed by atoms with Gasteiger partial charge in [0.25, 0.3) is 0 Å². The van der Waals surface area contributed by atoms with Gasteiger partial charge < -0.3 is 5.32 Å². The van der Waals surface area contributed by atoms with Crippen LogP contribution in [-0.2, 0) is 0 Å². The SMILES string of the molecule is Cc1cn([C@@H]2CCNC2)nn1. The maximum absolute atomic E-state index is 4.02. The Morgan fingerprint density at radius 2 is 2.64 bits per heavy atom. The quantitative estimate of drug-likeness (QED) is 0.621. The maximum Gasteiger partial charge on any atom is 0.0796 e. The zero-order valence-electron chi connectivity index (χ0n) is 6.62. The first-order chi connectivity index (χ1) is 5.36. The van der Waals surface area contributed by atoms with Gasteiger partial charge in [-0.2, -0.15) is 0 Å². The van der Waals surface area contributed by atoms with Crippen LogP contribution in [0.4, 0.5) is 0 Å². The molecule has 1 fully saturated rings. The lowest BCUT2D eigenvalue weighted by Crippen LogP contribution is -2.13. The van der Waals surface area contributed by atoms with Crippen LogP contribution in [0.1, 0.15) is 18.2 Å². The van der Waals surface area contributed by atoms with E-state index in [0.29, 0.717) is 6.04 Å². The van der Waals surface area contributed by atoms with Gasteiger partial charge in [0.1, 0.15) is 0 Å². The molecule has 1 aromatic heterocycles. The zero-order chi connectivity index (χ0) is 7.68. The molecule has 2 heterocycles. The topological polar surface area (TPSA) is 42.7 Å². The van der Waals surface area contributed by atoms with Crippen molar-refractivity contribution in [3.63, 3.8) is 0 Å². The van der Waals surface area contributed by atoms with Crippen LogP contribution in [-0.4, -0.2) is 28.1 Å². The van der Waals surface area contributed by atoms with Crippen molar-refractivity contribution >= 4 is 0 Å². The van der Waals surface area contributed by atoms with Crippen LogP contribution in [0.2, 0.25) is 0 Å². The molecule has 0 aliphatic carbocycles. The number of nitrogens with zero attached hydrogens (tertiary/aromatic N) is 3. The van der Waals surface area contributed by atoms with Gasteiger partial charge in [0.05, 0.1) is 11.7 Å². The summed E-state index contributed by atoms with van der Waals surface area (Å²) in [5.41, 5.74) is 0.997. The minimum Gasteiger partial charge on any atom is -0.315 e.